The predicted molar refractivity (Wildman–Crippen MR) is 116 cm³/mol. The first-order chi connectivity index (χ1) is 13.2. The van der Waals surface area contributed by atoms with Crippen LogP contribution < -0.4 is 10.3 Å². The van der Waals surface area contributed by atoms with Gasteiger partial charge in [0.05, 0.1) is 23.0 Å². The Morgan fingerprint density at radius 2 is 1.86 bits per heavy atom. The lowest BCUT2D eigenvalue weighted by atomic mass is 9.87. The van der Waals surface area contributed by atoms with Gasteiger partial charge in [0.2, 0.25) is 0 Å². The molecule has 0 fully saturated rings. The molecule has 0 radical (unpaired) electrons. The lowest BCUT2D eigenvalue weighted by Crippen LogP contribution is -2.49. The third-order valence-corrected chi connectivity index (χ3v) is 4.95. The highest BCUT2D eigenvalue weighted by Gasteiger charge is 2.32. The van der Waals surface area contributed by atoms with Crippen LogP contribution in [0.3, 0.4) is 0 Å². The third kappa shape index (κ3) is 3.93. The van der Waals surface area contributed by atoms with Crippen LogP contribution in [0.2, 0.25) is 0 Å². The van der Waals surface area contributed by atoms with Crippen molar-refractivity contribution >= 4 is 29.1 Å². The molecular weight excluding hydrogens is 350 g/mol. The molecule has 0 aliphatic carbocycles. The molecule has 0 amide bonds. The number of hydrazone groups is 1. The molecule has 28 heavy (non-hydrogen) atoms. The van der Waals surface area contributed by atoms with E-state index in [9.17, 15) is 4.79 Å². The summed E-state index contributed by atoms with van der Waals surface area (Å²) in [5, 5.41) is 13.2. The van der Waals surface area contributed by atoms with Crippen molar-refractivity contribution in [1.82, 2.24) is 0 Å². The van der Waals surface area contributed by atoms with E-state index in [2.05, 4.69) is 74.3 Å². The van der Waals surface area contributed by atoms with E-state index in [1.165, 1.54) is 16.8 Å². The quantitative estimate of drug-likeness (QED) is 0.552. The number of carbonyl (C=O) groups is 1. The summed E-state index contributed by atoms with van der Waals surface area (Å²) >= 11 is 0. The SMILES string of the molecule is CC1=CC(C)(C)N(C(C)C)c2ccc(/C=N\Nc3ccc(C(=O)O)cc3)cc21. The van der Waals surface area contributed by atoms with E-state index in [0.717, 1.165) is 11.3 Å². The summed E-state index contributed by atoms with van der Waals surface area (Å²) in [6, 6.07) is 13.3. The van der Waals surface area contributed by atoms with E-state index in [1.54, 1.807) is 30.5 Å². The summed E-state index contributed by atoms with van der Waals surface area (Å²) < 4.78 is 0. The van der Waals surface area contributed by atoms with Crippen LogP contribution in [0.1, 0.15) is 56.1 Å². The molecule has 1 aliphatic heterocycles. The van der Waals surface area contributed by atoms with E-state index in [4.69, 9.17) is 5.11 Å². The topological polar surface area (TPSA) is 64.9 Å². The Labute approximate surface area is 166 Å². The van der Waals surface area contributed by atoms with Gasteiger partial charge in [-0.3, -0.25) is 5.43 Å². The van der Waals surface area contributed by atoms with Gasteiger partial charge < -0.3 is 10.0 Å². The number of allylic oxidation sites excluding steroid dienone is 1. The minimum absolute atomic E-state index is 0.0233. The minimum Gasteiger partial charge on any atom is -0.478 e. The van der Waals surface area contributed by atoms with Crippen LogP contribution in [0.4, 0.5) is 11.4 Å². The number of fused-ring (bicyclic) bond motifs is 1. The molecule has 146 valence electrons. The van der Waals surface area contributed by atoms with Gasteiger partial charge in [-0.15, -0.1) is 0 Å². The highest BCUT2D eigenvalue weighted by Crippen LogP contribution is 2.40. The number of carboxylic acids is 1. The van der Waals surface area contributed by atoms with Gasteiger partial charge in [0.15, 0.2) is 0 Å². The Morgan fingerprint density at radius 3 is 2.46 bits per heavy atom. The van der Waals surface area contributed by atoms with Crippen molar-refractivity contribution in [2.24, 2.45) is 5.10 Å². The molecule has 0 aromatic heterocycles. The Morgan fingerprint density at radius 1 is 1.18 bits per heavy atom. The largest absolute Gasteiger partial charge is 0.478 e. The molecule has 2 aromatic carbocycles. The van der Waals surface area contributed by atoms with Crippen LogP contribution in [-0.4, -0.2) is 28.9 Å². The van der Waals surface area contributed by atoms with Gasteiger partial charge in [-0.1, -0.05) is 12.1 Å². The summed E-state index contributed by atoms with van der Waals surface area (Å²) in [5.74, 6) is -0.939. The summed E-state index contributed by atoms with van der Waals surface area (Å²) in [6.07, 6.45) is 4.09. The average Bonchev–Trinajstić information content (AvgIpc) is 2.61. The van der Waals surface area contributed by atoms with Gasteiger partial charge in [-0.2, -0.15) is 5.10 Å². The molecular formula is C23H27N3O2. The number of nitrogens with one attached hydrogen (secondary N) is 1. The molecule has 0 atom stereocenters. The van der Waals surface area contributed by atoms with Crippen molar-refractivity contribution in [3.05, 3.63) is 65.2 Å². The molecule has 1 aliphatic rings. The molecule has 1 heterocycles. The number of hydrogen-bond acceptors (Lipinski definition) is 4. The predicted octanol–water partition coefficient (Wildman–Crippen LogP) is 5.24. The molecule has 0 saturated heterocycles. The zero-order chi connectivity index (χ0) is 20.5. The Balaban J connectivity index is 1.81. The van der Waals surface area contributed by atoms with Gasteiger partial charge in [0.25, 0.3) is 0 Å². The summed E-state index contributed by atoms with van der Waals surface area (Å²) in [7, 11) is 0. The van der Waals surface area contributed by atoms with Gasteiger partial charge in [0.1, 0.15) is 0 Å². The number of benzene rings is 2. The molecule has 2 aromatic rings. The second-order valence-corrected chi connectivity index (χ2v) is 7.97. The Bertz CT molecular complexity index is 941. The van der Waals surface area contributed by atoms with Crippen molar-refractivity contribution in [2.45, 2.75) is 46.2 Å². The van der Waals surface area contributed by atoms with Gasteiger partial charge in [-0.25, -0.2) is 4.79 Å². The van der Waals surface area contributed by atoms with Gasteiger partial charge in [0, 0.05) is 17.3 Å². The molecule has 0 bridgehead atoms. The molecule has 0 saturated carbocycles. The van der Waals surface area contributed by atoms with Gasteiger partial charge in [-0.05, 0) is 82.2 Å². The fourth-order valence-electron chi connectivity index (χ4n) is 3.96. The summed E-state index contributed by atoms with van der Waals surface area (Å²) in [5.41, 5.74) is 8.65. The second kappa shape index (κ2) is 7.50. The first-order valence-corrected chi connectivity index (χ1v) is 9.45. The lowest BCUT2D eigenvalue weighted by molar-refractivity contribution is 0.0697. The maximum Gasteiger partial charge on any atom is 0.335 e. The number of hydrogen-bond donors (Lipinski definition) is 2. The molecule has 5 nitrogen and oxygen atoms in total. The Kier molecular flexibility index (Phi) is 5.27. The Hall–Kier alpha value is -3.08. The highest BCUT2D eigenvalue weighted by atomic mass is 16.4. The van der Waals surface area contributed by atoms with Crippen molar-refractivity contribution < 1.29 is 9.90 Å². The number of nitrogens with zero attached hydrogens (tertiary/aromatic N) is 2. The van der Waals surface area contributed by atoms with E-state index in [1.807, 2.05) is 0 Å². The monoisotopic (exact) mass is 377 g/mol. The van der Waals surface area contributed by atoms with E-state index in [-0.39, 0.29) is 11.1 Å². The summed E-state index contributed by atoms with van der Waals surface area (Å²) in [4.78, 5) is 13.3. The molecule has 2 N–H and O–H groups in total. The number of anilines is 2. The summed E-state index contributed by atoms with van der Waals surface area (Å²) in [6.45, 7) is 11.1. The normalized spacial score (nSPS) is 15.5. The fraction of sp³-hybridized carbons (Fsp3) is 0.304. The second-order valence-electron chi connectivity index (χ2n) is 7.97. The molecule has 0 spiro atoms. The minimum atomic E-state index is -0.939. The first-order valence-electron chi connectivity index (χ1n) is 9.45. The van der Waals surface area contributed by atoms with Crippen LogP contribution in [0.5, 0.6) is 0 Å². The average molecular weight is 377 g/mol. The van der Waals surface area contributed by atoms with Crippen molar-refractivity contribution in [3.8, 4) is 0 Å². The van der Waals surface area contributed by atoms with E-state index in [0.29, 0.717) is 6.04 Å². The maximum atomic E-state index is 10.9. The van der Waals surface area contributed by atoms with Crippen molar-refractivity contribution in [2.75, 3.05) is 10.3 Å². The van der Waals surface area contributed by atoms with E-state index >= 15 is 0 Å². The van der Waals surface area contributed by atoms with Crippen LogP contribution in [0.25, 0.3) is 5.57 Å². The molecule has 3 rings (SSSR count). The fourth-order valence-corrected chi connectivity index (χ4v) is 3.96. The zero-order valence-electron chi connectivity index (χ0n) is 17.0. The van der Waals surface area contributed by atoms with Crippen LogP contribution in [-0.2, 0) is 0 Å². The smallest absolute Gasteiger partial charge is 0.335 e. The highest BCUT2D eigenvalue weighted by molar-refractivity contribution is 5.89. The first kappa shape index (κ1) is 19.7. The standard InChI is InChI=1S/C23H27N3O2/c1-15(2)26-21-11-6-17(12-20(21)16(3)13-23(26,4)5)14-24-25-19-9-7-18(8-10-19)22(27)28/h6-15,25H,1-5H3,(H,27,28)/b24-14-. The molecule has 5 heteroatoms. The van der Waals surface area contributed by atoms with Crippen LogP contribution in [0, 0.1) is 0 Å². The number of carboxylic acid groups (broad SMARTS) is 1. The number of rotatable bonds is 5. The zero-order valence-corrected chi connectivity index (χ0v) is 17.0. The molecule has 0 unspecified atom stereocenters. The third-order valence-electron chi connectivity index (χ3n) is 4.95. The van der Waals surface area contributed by atoms with Crippen molar-refractivity contribution in [1.29, 1.82) is 0 Å². The van der Waals surface area contributed by atoms with E-state index < -0.39 is 5.97 Å². The van der Waals surface area contributed by atoms with Crippen LogP contribution >= 0.6 is 0 Å². The van der Waals surface area contributed by atoms with Gasteiger partial charge >= 0.3 is 5.97 Å². The van der Waals surface area contributed by atoms with Crippen LogP contribution in [0.15, 0.2) is 53.6 Å². The maximum absolute atomic E-state index is 10.9. The lowest BCUT2D eigenvalue weighted by Gasteiger charge is -2.46. The number of aromatic carboxylic acids is 1. The van der Waals surface area contributed by atoms with Crippen molar-refractivity contribution in [3.63, 3.8) is 0 Å².